The standard InChI is InChI=1S/C10H10N4O/c15-8-4-2-6-1-3-7-10(12-5-11-7)9(6)14-13-8/h1,3,5,14H,2,4H2,(H,11,12)(H,13,15). The van der Waals surface area contributed by atoms with Crippen molar-refractivity contribution in [1.82, 2.24) is 15.4 Å². The summed E-state index contributed by atoms with van der Waals surface area (Å²) in [6.45, 7) is 0. The van der Waals surface area contributed by atoms with Crippen LogP contribution in [0.15, 0.2) is 18.5 Å². The summed E-state index contributed by atoms with van der Waals surface area (Å²) in [6.07, 6.45) is 2.91. The van der Waals surface area contributed by atoms with E-state index < -0.39 is 0 Å². The zero-order chi connectivity index (χ0) is 10.3. The van der Waals surface area contributed by atoms with Gasteiger partial charge in [-0.05, 0) is 18.1 Å². The summed E-state index contributed by atoms with van der Waals surface area (Å²) in [6, 6.07) is 4.00. The molecule has 1 aromatic carbocycles. The first kappa shape index (κ1) is 8.28. The van der Waals surface area contributed by atoms with Gasteiger partial charge in [-0.2, -0.15) is 0 Å². The Labute approximate surface area is 85.9 Å². The van der Waals surface area contributed by atoms with E-state index in [1.54, 1.807) is 6.33 Å². The van der Waals surface area contributed by atoms with Crippen molar-refractivity contribution in [3.63, 3.8) is 0 Å². The Morgan fingerprint density at radius 3 is 3.07 bits per heavy atom. The Morgan fingerprint density at radius 1 is 1.20 bits per heavy atom. The molecule has 2 heterocycles. The quantitative estimate of drug-likeness (QED) is 0.595. The van der Waals surface area contributed by atoms with E-state index in [-0.39, 0.29) is 5.91 Å². The molecule has 5 nitrogen and oxygen atoms in total. The fourth-order valence-corrected chi connectivity index (χ4v) is 1.84. The number of benzene rings is 1. The van der Waals surface area contributed by atoms with Gasteiger partial charge in [0.25, 0.3) is 0 Å². The Morgan fingerprint density at radius 2 is 2.13 bits per heavy atom. The van der Waals surface area contributed by atoms with Gasteiger partial charge in [0.1, 0.15) is 5.52 Å². The van der Waals surface area contributed by atoms with E-state index in [0.29, 0.717) is 6.42 Å². The highest BCUT2D eigenvalue weighted by Gasteiger charge is 2.15. The minimum atomic E-state index is 0.00915. The lowest BCUT2D eigenvalue weighted by Crippen LogP contribution is -2.27. The molecule has 0 unspecified atom stereocenters. The average molecular weight is 202 g/mol. The Balaban J connectivity index is 2.20. The van der Waals surface area contributed by atoms with Crippen LogP contribution in [0.4, 0.5) is 5.69 Å². The van der Waals surface area contributed by atoms with E-state index in [9.17, 15) is 4.79 Å². The number of amides is 1. The lowest BCUT2D eigenvalue weighted by Gasteiger charge is -2.07. The Hall–Kier alpha value is -2.04. The van der Waals surface area contributed by atoms with Crippen molar-refractivity contribution in [3.8, 4) is 0 Å². The molecule has 0 radical (unpaired) electrons. The summed E-state index contributed by atoms with van der Waals surface area (Å²) in [4.78, 5) is 18.5. The summed E-state index contributed by atoms with van der Waals surface area (Å²) in [7, 11) is 0. The molecule has 3 N–H and O–H groups in total. The Kier molecular flexibility index (Phi) is 1.65. The number of aromatic amines is 1. The van der Waals surface area contributed by atoms with Crippen molar-refractivity contribution in [2.24, 2.45) is 0 Å². The molecule has 1 aliphatic rings. The fraction of sp³-hybridized carbons (Fsp3) is 0.200. The van der Waals surface area contributed by atoms with Crippen LogP contribution in [0, 0.1) is 0 Å². The topological polar surface area (TPSA) is 69.8 Å². The number of rotatable bonds is 0. The molecule has 5 heteroatoms. The molecule has 15 heavy (non-hydrogen) atoms. The SMILES string of the molecule is O=C1CCc2ccc3[nH]cnc3c2NN1. The van der Waals surface area contributed by atoms with Gasteiger partial charge in [0.15, 0.2) is 0 Å². The highest BCUT2D eigenvalue weighted by molar-refractivity contribution is 5.92. The number of hydrazine groups is 1. The van der Waals surface area contributed by atoms with Crippen molar-refractivity contribution in [2.75, 3.05) is 5.43 Å². The average Bonchev–Trinajstić information content (AvgIpc) is 2.64. The van der Waals surface area contributed by atoms with Gasteiger partial charge in [0.2, 0.25) is 5.91 Å². The first-order valence-electron chi connectivity index (χ1n) is 4.84. The first-order valence-corrected chi connectivity index (χ1v) is 4.84. The molecule has 0 spiro atoms. The van der Waals surface area contributed by atoms with Crippen LogP contribution in [0.2, 0.25) is 0 Å². The molecule has 0 fully saturated rings. The van der Waals surface area contributed by atoms with E-state index in [4.69, 9.17) is 0 Å². The third-order valence-electron chi connectivity index (χ3n) is 2.63. The van der Waals surface area contributed by atoms with Crippen LogP contribution in [0.25, 0.3) is 11.0 Å². The number of carbonyl (C=O) groups excluding carboxylic acids is 1. The normalized spacial score (nSPS) is 15.3. The number of H-pyrrole nitrogens is 1. The minimum Gasteiger partial charge on any atom is -0.345 e. The van der Waals surface area contributed by atoms with Gasteiger partial charge in [-0.1, -0.05) is 6.07 Å². The van der Waals surface area contributed by atoms with Crippen molar-refractivity contribution < 1.29 is 4.79 Å². The number of hydrogen-bond acceptors (Lipinski definition) is 3. The molecule has 0 aliphatic carbocycles. The molecule has 1 amide bonds. The molecule has 76 valence electrons. The van der Waals surface area contributed by atoms with Gasteiger partial charge < -0.3 is 4.98 Å². The predicted octanol–water partition coefficient (Wildman–Crippen LogP) is 0.952. The van der Waals surface area contributed by atoms with Gasteiger partial charge >= 0.3 is 0 Å². The molecule has 3 rings (SSSR count). The van der Waals surface area contributed by atoms with Crippen molar-refractivity contribution in [1.29, 1.82) is 0 Å². The van der Waals surface area contributed by atoms with Gasteiger partial charge in [-0.3, -0.25) is 15.6 Å². The molecule has 0 saturated heterocycles. The third-order valence-corrected chi connectivity index (χ3v) is 2.63. The molecular weight excluding hydrogens is 192 g/mol. The monoisotopic (exact) mass is 202 g/mol. The summed E-state index contributed by atoms with van der Waals surface area (Å²) < 4.78 is 0. The van der Waals surface area contributed by atoms with Gasteiger partial charge in [0, 0.05) is 6.42 Å². The fourth-order valence-electron chi connectivity index (χ4n) is 1.84. The maximum Gasteiger partial charge on any atom is 0.238 e. The molecule has 0 saturated carbocycles. The zero-order valence-electron chi connectivity index (χ0n) is 8.00. The number of nitrogens with one attached hydrogen (secondary N) is 3. The predicted molar refractivity (Wildman–Crippen MR) is 56.2 cm³/mol. The smallest absolute Gasteiger partial charge is 0.238 e. The van der Waals surface area contributed by atoms with Crippen molar-refractivity contribution in [3.05, 3.63) is 24.0 Å². The third kappa shape index (κ3) is 1.24. The maximum atomic E-state index is 11.2. The maximum absolute atomic E-state index is 11.2. The van der Waals surface area contributed by atoms with Gasteiger partial charge in [-0.25, -0.2) is 4.98 Å². The van der Waals surface area contributed by atoms with Crippen LogP contribution in [0.5, 0.6) is 0 Å². The van der Waals surface area contributed by atoms with Crippen LogP contribution >= 0.6 is 0 Å². The van der Waals surface area contributed by atoms with E-state index in [1.807, 2.05) is 12.1 Å². The number of hydrogen-bond donors (Lipinski definition) is 3. The van der Waals surface area contributed by atoms with Gasteiger partial charge in [0.05, 0.1) is 17.5 Å². The van der Waals surface area contributed by atoms with Crippen molar-refractivity contribution >= 4 is 22.6 Å². The van der Waals surface area contributed by atoms with E-state index >= 15 is 0 Å². The Bertz CT molecular complexity index is 531. The summed E-state index contributed by atoms with van der Waals surface area (Å²) >= 11 is 0. The zero-order valence-corrected chi connectivity index (χ0v) is 8.00. The summed E-state index contributed by atoms with van der Waals surface area (Å²) in [5.41, 5.74) is 9.42. The molecular formula is C10H10N4O. The first-order chi connectivity index (χ1) is 7.34. The lowest BCUT2D eigenvalue weighted by molar-refractivity contribution is -0.120. The second-order valence-corrected chi connectivity index (χ2v) is 3.57. The van der Waals surface area contributed by atoms with Crippen LogP contribution < -0.4 is 10.9 Å². The van der Waals surface area contributed by atoms with Crippen LogP contribution in [0.1, 0.15) is 12.0 Å². The van der Waals surface area contributed by atoms with Crippen LogP contribution in [-0.4, -0.2) is 15.9 Å². The van der Waals surface area contributed by atoms with Crippen LogP contribution in [0.3, 0.4) is 0 Å². The minimum absolute atomic E-state index is 0.00915. The summed E-state index contributed by atoms with van der Waals surface area (Å²) in [5, 5.41) is 0. The molecule has 1 aliphatic heterocycles. The highest BCUT2D eigenvalue weighted by atomic mass is 16.2. The van der Waals surface area contributed by atoms with Crippen molar-refractivity contribution in [2.45, 2.75) is 12.8 Å². The number of aryl methyl sites for hydroxylation is 1. The highest BCUT2D eigenvalue weighted by Crippen LogP contribution is 2.26. The van der Waals surface area contributed by atoms with Gasteiger partial charge in [-0.15, -0.1) is 0 Å². The number of anilines is 1. The number of carbonyl (C=O) groups is 1. The number of nitrogens with zero attached hydrogens (tertiary/aromatic N) is 1. The molecule has 0 atom stereocenters. The molecule has 1 aromatic heterocycles. The van der Waals surface area contributed by atoms with E-state index in [0.717, 1.165) is 28.7 Å². The summed E-state index contributed by atoms with van der Waals surface area (Å²) in [5.74, 6) is 0.00915. The van der Waals surface area contributed by atoms with Crippen LogP contribution in [-0.2, 0) is 11.2 Å². The molecule has 2 aromatic rings. The number of fused-ring (bicyclic) bond motifs is 3. The lowest BCUT2D eigenvalue weighted by atomic mass is 10.1. The number of aromatic nitrogens is 2. The number of imidazole rings is 1. The largest absolute Gasteiger partial charge is 0.345 e. The second kappa shape index (κ2) is 2.98. The van der Waals surface area contributed by atoms with E-state index in [2.05, 4.69) is 20.8 Å². The second-order valence-electron chi connectivity index (χ2n) is 3.57. The molecule has 0 bridgehead atoms. The van der Waals surface area contributed by atoms with E-state index in [1.165, 1.54) is 0 Å².